The molecular weight excluding hydrogens is 286 g/mol. The summed E-state index contributed by atoms with van der Waals surface area (Å²) in [6, 6.07) is 0. The van der Waals surface area contributed by atoms with Gasteiger partial charge in [0.05, 0.1) is 5.69 Å². The number of hydrogen-bond acceptors (Lipinski definition) is 4. The van der Waals surface area contributed by atoms with Gasteiger partial charge in [-0.05, 0) is 6.08 Å². The number of aliphatic hydroxyl groups excluding tert-OH is 1. The summed E-state index contributed by atoms with van der Waals surface area (Å²) in [7, 11) is 0. The van der Waals surface area contributed by atoms with Crippen LogP contribution in [0.4, 0.5) is 0 Å². The van der Waals surface area contributed by atoms with E-state index in [2.05, 4.69) is 4.98 Å². The number of carbonyl (C=O) groups is 1. The van der Waals surface area contributed by atoms with Crippen LogP contribution in [0.2, 0.25) is 5.15 Å². The van der Waals surface area contributed by atoms with Crippen LogP contribution in [-0.2, 0) is 4.79 Å². The number of imidazole rings is 1. The van der Waals surface area contributed by atoms with Gasteiger partial charge in [-0.15, -0.1) is 11.3 Å². The molecule has 3 rings (SSSR count). The van der Waals surface area contributed by atoms with Crippen molar-refractivity contribution >= 4 is 39.9 Å². The molecule has 3 heterocycles. The van der Waals surface area contributed by atoms with E-state index in [0.717, 1.165) is 4.96 Å². The first kappa shape index (κ1) is 12.7. The Hall–Kier alpha value is -1.37. The molecule has 1 aliphatic heterocycles. The van der Waals surface area contributed by atoms with Crippen molar-refractivity contribution in [2.45, 2.75) is 0 Å². The van der Waals surface area contributed by atoms with E-state index in [-0.39, 0.29) is 18.4 Å². The number of likely N-dealkylation sites (tertiary alicyclic amines) is 1. The molecule has 1 N–H and O–H groups in total. The first-order valence-corrected chi connectivity index (χ1v) is 7.13. The standard InChI is InChI=1S/C12H12ClN3O2S/c13-11-9(16-3-4-19-12(16)14-11)1-2-10(18)15-5-8(6-15)7-17/h1-4,8,17H,5-7H2. The Morgan fingerprint density at radius 2 is 2.42 bits per heavy atom. The minimum atomic E-state index is -0.0639. The van der Waals surface area contributed by atoms with Crippen molar-refractivity contribution < 1.29 is 9.90 Å². The Kier molecular flexibility index (Phi) is 3.30. The van der Waals surface area contributed by atoms with Gasteiger partial charge in [-0.25, -0.2) is 4.98 Å². The van der Waals surface area contributed by atoms with E-state index in [4.69, 9.17) is 16.7 Å². The molecule has 0 spiro atoms. The summed E-state index contributed by atoms with van der Waals surface area (Å²) in [5.74, 6) is 0.158. The van der Waals surface area contributed by atoms with E-state index < -0.39 is 0 Å². The van der Waals surface area contributed by atoms with E-state index in [0.29, 0.717) is 23.9 Å². The van der Waals surface area contributed by atoms with Crippen molar-refractivity contribution in [1.82, 2.24) is 14.3 Å². The Bertz CT molecular complexity index is 642. The van der Waals surface area contributed by atoms with Gasteiger partial charge in [0.1, 0.15) is 0 Å². The number of amides is 1. The fourth-order valence-electron chi connectivity index (χ4n) is 2.05. The highest BCUT2D eigenvalue weighted by Crippen LogP contribution is 2.23. The number of halogens is 1. The molecule has 0 aliphatic carbocycles. The normalized spacial score (nSPS) is 16.4. The summed E-state index contributed by atoms with van der Waals surface area (Å²) in [4.78, 5) is 18.5. The fourth-order valence-corrected chi connectivity index (χ4v) is 3.05. The molecule has 0 aromatic carbocycles. The average Bonchev–Trinajstić information content (AvgIpc) is 2.86. The van der Waals surface area contributed by atoms with Crippen LogP contribution >= 0.6 is 22.9 Å². The molecule has 0 bridgehead atoms. The number of fused-ring (bicyclic) bond motifs is 1. The molecule has 1 aliphatic rings. The first-order chi connectivity index (χ1) is 9.19. The Morgan fingerprint density at radius 3 is 3.16 bits per heavy atom. The summed E-state index contributed by atoms with van der Waals surface area (Å²) in [5, 5.41) is 11.2. The molecule has 7 heteroatoms. The molecule has 1 amide bonds. The molecule has 0 radical (unpaired) electrons. The third-order valence-corrected chi connectivity index (χ3v) is 4.20. The van der Waals surface area contributed by atoms with Gasteiger partial charge in [0, 0.05) is 43.3 Å². The van der Waals surface area contributed by atoms with Crippen LogP contribution in [0, 0.1) is 5.92 Å². The van der Waals surface area contributed by atoms with Crippen LogP contribution in [0.15, 0.2) is 17.7 Å². The van der Waals surface area contributed by atoms with E-state index in [1.54, 1.807) is 11.0 Å². The zero-order valence-corrected chi connectivity index (χ0v) is 11.6. The van der Waals surface area contributed by atoms with Gasteiger partial charge in [0.25, 0.3) is 0 Å². The summed E-state index contributed by atoms with van der Waals surface area (Å²) in [6.07, 6.45) is 5.05. The maximum Gasteiger partial charge on any atom is 0.246 e. The van der Waals surface area contributed by atoms with E-state index in [1.807, 2.05) is 16.0 Å². The molecule has 5 nitrogen and oxygen atoms in total. The molecule has 19 heavy (non-hydrogen) atoms. The lowest BCUT2D eigenvalue weighted by molar-refractivity contribution is -0.132. The van der Waals surface area contributed by atoms with Crippen LogP contribution in [-0.4, -0.2) is 45.0 Å². The highest BCUT2D eigenvalue weighted by atomic mass is 35.5. The van der Waals surface area contributed by atoms with Crippen molar-refractivity contribution in [1.29, 1.82) is 0 Å². The maximum atomic E-state index is 11.9. The summed E-state index contributed by atoms with van der Waals surface area (Å²) in [6.45, 7) is 1.37. The van der Waals surface area contributed by atoms with Crippen LogP contribution in [0.25, 0.3) is 11.0 Å². The third-order valence-electron chi connectivity index (χ3n) is 3.16. The molecule has 100 valence electrons. The Morgan fingerprint density at radius 1 is 1.63 bits per heavy atom. The first-order valence-electron chi connectivity index (χ1n) is 5.88. The molecular formula is C12H12ClN3O2S. The number of carbonyl (C=O) groups excluding carboxylic acids is 1. The highest BCUT2D eigenvalue weighted by molar-refractivity contribution is 7.15. The van der Waals surface area contributed by atoms with E-state index in [9.17, 15) is 4.79 Å². The highest BCUT2D eigenvalue weighted by Gasteiger charge is 2.28. The van der Waals surface area contributed by atoms with Gasteiger partial charge in [-0.2, -0.15) is 0 Å². The van der Waals surface area contributed by atoms with Crippen LogP contribution in [0.1, 0.15) is 5.69 Å². The van der Waals surface area contributed by atoms with Gasteiger partial charge < -0.3 is 10.0 Å². The summed E-state index contributed by atoms with van der Waals surface area (Å²) >= 11 is 7.52. The summed E-state index contributed by atoms with van der Waals surface area (Å²) in [5.41, 5.74) is 0.713. The van der Waals surface area contributed by atoms with E-state index in [1.165, 1.54) is 17.4 Å². The SMILES string of the molecule is O=C(C=Cc1c(Cl)nc2sccn12)N1CC(CO)C1. The second kappa shape index (κ2) is 4.96. The van der Waals surface area contributed by atoms with Crippen molar-refractivity contribution in [3.05, 3.63) is 28.5 Å². The minimum absolute atomic E-state index is 0.0639. The predicted molar refractivity (Wildman–Crippen MR) is 74.3 cm³/mol. The second-order valence-electron chi connectivity index (χ2n) is 4.47. The molecule has 2 aromatic rings. The lowest BCUT2D eigenvalue weighted by Crippen LogP contribution is -2.50. The van der Waals surface area contributed by atoms with Crippen molar-refractivity contribution in [2.24, 2.45) is 5.92 Å². The van der Waals surface area contributed by atoms with Gasteiger partial charge in [0.2, 0.25) is 5.91 Å². The monoisotopic (exact) mass is 297 g/mol. The zero-order chi connectivity index (χ0) is 13.4. The van der Waals surface area contributed by atoms with Crippen molar-refractivity contribution in [3.63, 3.8) is 0 Å². The van der Waals surface area contributed by atoms with Crippen LogP contribution in [0.3, 0.4) is 0 Å². The van der Waals surface area contributed by atoms with Crippen molar-refractivity contribution in [3.8, 4) is 0 Å². The second-order valence-corrected chi connectivity index (χ2v) is 5.70. The van der Waals surface area contributed by atoms with E-state index >= 15 is 0 Å². The number of aliphatic hydroxyl groups is 1. The van der Waals surface area contributed by atoms with Gasteiger partial charge in [0.15, 0.2) is 10.1 Å². The number of nitrogens with zero attached hydrogens (tertiary/aromatic N) is 3. The molecule has 1 fully saturated rings. The zero-order valence-electron chi connectivity index (χ0n) is 9.99. The smallest absolute Gasteiger partial charge is 0.246 e. The Balaban J connectivity index is 1.74. The molecule has 0 unspecified atom stereocenters. The van der Waals surface area contributed by atoms with Crippen LogP contribution in [0.5, 0.6) is 0 Å². The number of hydrogen-bond donors (Lipinski definition) is 1. The molecule has 0 saturated carbocycles. The number of thiazole rings is 1. The topological polar surface area (TPSA) is 57.8 Å². The summed E-state index contributed by atoms with van der Waals surface area (Å²) < 4.78 is 1.85. The quantitative estimate of drug-likeness (QED) is 0.874. The molecule has 2 aromatic heterocycles. The van der Waals surface area contributed by atoms with Crippen molar-refractivity contribution in [2.75, 3.05) is 19.7 Å². The van der Waals surface area contributed by atoms with Crippen LogP contribution < -0.4 is 0 Å². The minimum Gasteiger partial charge on any atom is -0.396 e. The number of rotatable bonds is 3. The van der Waals surface area contributed by atoms with Gasteiger partial charge in [-0.3, -0.25) is 9.20 Å². The average molecular weight is 298 g/mol. The molecule has 1 saturated heterocycles. The molecule has 0 atom stereocenters. The number of aromatic nitrogens is 2. The maximum absolute atomic E-state index is 11.9. The lowest BCUT2D eigenvalue weighted by atomic mass is 10.0. The van der Waals surface area contributed by atoms with Gasteiger partial charge in [-0.1, -0.05) is 11.6 Å². The fraction of sp³-hybridized carbons (Fsp3) is 0.333. The lowest BCUT2D eigenvalue weighted by Gasteiger charge is -2.37. The Labute approximate surface area is 118 Å². The van der Waals surface area contributed by atoms with Gasteiger partial charge >= 0.3 is 0 Å². The third kappa shape index (κ3) is 2.27. The largest absolute Gasteiger partial charge is 0.396 e. The predicted octanol–water partition coefficient (Wildman–Crippen LogP) is 1.51.